The van der Waals surface area contributed by atoms with Gasteiger partial charge in [0.2, 0.25) is 11.8 Å². The zero-order chi connectivity index (χ0) is 25.6. The number of allylic oxidation sites excluding steroid dienone is 1. The van der Waals surface area contributed by atoms with Crippen molar-refractivity contribution in [3.63, 3.8) is 0 Å². The van der Waals surface area contributed by atoms with Gasteiger partial charge in [-0.3, -0.25) is 14.4 Å². The topological polar surface area (TPSA) is 84.9 Å². The number of amides is 2. The molecule has 7 nitrogen and oxygen atoms in total. The highest BCUT2D eigenvalue weighted by Gasteiger charge is 2.61. The molecule has 0 radical (unpaired) electrons. The average molecular weight is 497 g/mol. The van der Waals surface area contributed by atoms with E-state index in [9.17, 15) is 27.6 Å². The largest absolute Gasteiger partial charge is 0.465 e. The van der Waals surface area contributed by atoms with E-state index in [0.717, 1.165) is 12.1 Å². The number of alkyl halides is 3. The zero-order valence-corrected chi connectivity index (χ0v) is 20.0. The van der Waals surface area contributed by atoms with Gasteiger partial charge in [0, 0.05) is 38.9 Å². The van der Waals surface area contributed by atoms with Crippen LogP contribution in [0.2, 0.25) is 0 Å². The van der Waals surface area contributed by atoms with E-state index in [0.29, 0.717) is 44.5 Å². The predicted octanol–water partition coefficient (Wildman–Crippen LogP) is 3.82. The molecule has 2 aliphatic rings. The first-order chi connectivity index (χ1) is 16.6. The van der Waals surface area contributed by atoms with Gasteiger partial charge in [-0.05, 0) is 50.3 Å². The number of halogens is 3. The van der Waals surface area contributed by atoms with Crippen molar-refractivity contribution in [2.45, 2.75) is 51.7 Å². The summed E-state index contributed by atoms with van der Waals surface area (Å²) in [7, 11) is 1.56. The number of likely N-dealkylation sites (tertiary alicyclic amines) is 1. The molecule has 0 aromatic heterocycles. The van der Waals surface area contributed by atoms with E-state index in [2.05, 4.69) is 5.32 Å². The van der Waals surface area contributed by atoms with Crippen LogP contribution in [0.5, 0.6) is 0 Å². The fraction of sp³-hybridized carbons (Fsp3) is 0.560. The Balaban J connectivity index is 1.80. The lowest BCUT2D eigenvalue weighted by Crippen LogP contribution is -2.43. The highest BCUT2D eigenvalue weighted by atomic mass is 19.4. The minimum Gasteiger partial charge on any atom is -0.465 e. The van der Waals surface area contributed by atoms with Crippen LogP contribution in [0.3, 0.4) is 0 Å². The maximum Gasteiger partial charge on any atom is 0.416 e. The Hall–Kier alpha value is -2.88. The Morgan fingerprint density at radius 3 is 2.74 bits per heavy atom. The number of carbonyl (C=O) groups excluding carboxylic acids is 3. The second kappa shape index (κ2) is 11.2. The normalized spacial score (nSPS) is 22.0. The molecule has 2 atom stereocenters. The number of benzene rings is 1. The molecule has 2 amide bonds. The molecule has 0 spiro atoms. The van der Waals surface area contributed by atoms with Crippen molar-refractivity contribution in [2.75, 3.05) is 26.9 Å². The number of hydrogen-bond acceptors (Lipinski definition) is 5. The third kappa shape index (κ3) is 5.69. The number of rotatable bonds is 10. The summed E-state index contributed by atoms with van der Waals surface area (Å²) in [4.78, 5) is 41.1. The summed E-state index contributed by atoms with van der Waals surface area (Å²) in [5, 5.41) is 2.61. The van der Waals surface area contributed by atoms with Gasteiger partial charge in [0.25, 0.3) is 0 Å². The molecule has 0 saturated carbocycles. The molecule has 10 heteroatoms. The van der Waals surface area contributed by atoms with Crippen molar-refractivity contribution in [1.29, 1.82) is 0 Å². The molecule has 1 aromatic rings. The number of hydrogen-bond donors (Lipinski definition) is 1. The Labute approximate surface area is 202 Å². The fourth-order valence-electron chi connectivity index (χ4n) is 4.94. The van der Waals surface area contributed by atoms with Crippen molar-refractivity contribution in [1.82, 2.24) is 10.2 Å². The van der Waals surface area contributed by atoms with Crippen LogP contribution < -0.4 is 5.32 Å². The molecule has 1 fully saturated rings. The minimum atomic E-state index is -4.49. The first-order valence-corrected chi connectivity index (χ1v) is 11.8. The van der Waals surface area contributed by atoms with Gasteiger partial charge in [0.15, 0.2) is 0 Å². The van der Waals surface area contributed by atoms with Gasteiger partial charge in [-0.2, -0.15) is 13.2 Å². The van der Waals surface area contributed by atoms with Crippen molar-refractivity contribution in [3.8, 4) is 0 Å². The van der Waals surface area contributed by atoms with Gasteiger partial charge in [0.05, 0.1) is 18.1 Å². The molecular weight excluding hydrogens is 465 g/mol. The Bertz CT molecular complexity index is 978. The molecule has 192 valence electrons. The smallest absolute Gasteiger partial charge is 0.416 e. The molecule has 1 heterocycles. The Morgan fingerprint density at radius 1 is 1.29 bits per heavy atom. The predicted molar refractivity (Wildman–Crippen MR) is 121 cm³/mol. The lowest BCUT2D eigenvalue weighted by molar-refractivity contribution is -0.158. The number of fused-ring (bicyclic) bond motifs is 1. The average Bonchev–Trinajstić information content (AvgIpc) is 3.06. The Kier molecular flexibility index (Phi) is 8.58. The van der Waals surface area contributed by atoms with Gasteiger partial charge in [-0.1, -0.05) is 18.2 Å². The van der Waals surface area contributed by atoms with Gasteiger partial charge in [0.1, 0.15) is 5.41 Å². The van der Waals surface area contributed by atoms with E-state index in [4.69, 9.17) is 9.47 Å². The quantitative estimate of drug-likeness (QED) is 0.393. The van der Waals surface area contributed by atoms with Crippen LogP contribution in [0.15, 0.2) is 36.0 Å². The van der Waals surface area contributed by atoms with E-state index >= 15 is 0 Å². The highest BCUT2D eigenvalue weighted by Crippen LogP contribution is 2.53. The summed E-state index contributed by atoms with van der Waals surface area (Å²) in [6, 6.07) is 4.69. The van der Waals surface area contributed by atoms with Crippen molar-refractivity contribution < 1.29 is 37.0 Å². The standard InChI is InChI=1S/C25H31F3N2O5/c1-3-35-23(33)24-11-5-4-10-20(24)30(12-7-13-34-2)22(32)19(24)15-21(31)29-16-17-8-6-9-18(14-17)25(26,27)28/h6,8-10,14,19H,3-5,7,11-13,15-16H2,1-2H3,(H,29,31)/t19-,24-/m0/s1. The second-order valence-corrected chi connectivity index (χ2v) is 8.74. The lowest BCUT2D eigenvalue weighted by Gasteiger charge is -2.35. The number of ether oxygens (including phenoxy) is 2. The Morgan fingerprint density at radius 2 is 2.06 bits per heavy atom. The summed E-state index contributed by atoms with van der Waals surface area (Å²) in [6.45, 7) is 2.48. The van der Waals surface area contributed by atoms with Gasteiger partial charge in [-0.25, -0.2) is 0 Å². The van der Waals surface area contributed by atoms with Crippen LogP contribution in [-0.2, 0) is 36.6 Å². The van der Waals surface area contributed by atoms with Crippen LogP contribution in [0.25, 0.3) is 0 Å². The summed E-state index contributed by atoms with van der Waals surface area (Å²) in [5.74, 6) is -2.31. The molecule has 3 rings (SSSR count). The number of carbonyl (C=O) groups is 3. The third-order valence-corrected chi connectivity index (χ3v) is 6.52. The molecule has 1 N–H and O–H groups in total. The lowest BCUT2D eigenvalue weighted by atomic mass is 9.68. The number of methoxy groups -OCH3 is 1. The first kappa shape index (κ1) is 26.7. The van der Waals surface area contributed by atoms with E-state index in [1.807, 2.05) is 6.08 Å². The number of nitrogens with zero attached hydrogens (tertiary/aromatic N) is 1. The zero-order valence-electron chi connectivity index (χ0n) is 20.0. The highest BCUT2D eigenvalue weighted by molar-refractivity contribution is 5.99. The molecule has 1 aromatic carbocycles. The number of nitrogens with one attached hydrogen (secondary N) is 1. The van der Waals surface area contributed by atoms with Crippen LogP contribution in [0.1, 0.15) is 50.2 Å². The molecular formula is C25H31F3N2O5. The van der Waals surface area contributed by atoms with E-state index in [-0.39, 0.29) is 31.0 Å². The van der Waals surface area contributed by atoms with Crippen LogP contribution >= 0.6 is 0 Å². The summed E-state index contributed by atoms with van der Waals surface area (Å²) in [6.07, 6.45) is -0.551. The van der Waals surface area contributed by atoms with Crippen molar-refractivity contribution in [2.24, 2.45) is 11.3 Å². The molecule has 0 bridgehead atoms. The second-order valence-electron chi connectivity index (χ2n) is 8.74. The van der Waals surface area contributed by atoms with Gasteiger partial charge >= 0.3 is 12.1 Å². The van der Waals surface area contributed by atoms with Crippen LogP contribution in [-0.4, -0.2) is 49.6 Å². The molecule has 1 aliphatic carbocycles. The van der Waals surface area contributed by atoms with Crippen molar-refractivity contribution >= 4 is 17.8 Å². The van der Waals surface area contributed by atoms with Gasteiger partial charge < -0.3 is 19.7 Å². The van der Waals surface area contributed by atoms with Crippen molar-refractivity contribution in [3.05, 3.63) is 47.2 Å². The fourth-order valence-corrected chi connectivity index (χ4v) is 4.94. The third-order valence-electron chi connectivity index (χ3n) is 6.52. The number of esters is 1. The summed E-state index contributed by atoms with van der Waals surface area (Å²) >= 11 is 0. The maximum atomic E-state index is 13.5. The summed E-state index contributed by atoms with van der Waals surface area (Å²) < 4.78 is 49.4. The SMILES string of the molecule is CCOC(=O)[C@]12CCCC=C1N(CCCOC)C(=O)[C@@H]2CC(=O)NCc1cccc(C(F)(F)F)c1. The molecule has 0 unspecified atom stereocenters. The monoisotopic (exact) mass is 496 g/mol. The van der Waals surface area contributed by atoms with E-state index in [1.54, 1.807) is 18.9 Å². The van der Waals surface area contributed by atoms with Crippen LogP contribution in [0, 0.1) is 11.3 Å². The maximum absolute atomic E-state index is 13.5. The van der Waals surface area contributed by atoms with E-state index in [1.165, 1.54) is 12.1 Å². The summed E-state index contributed by atoms with van der Waals surface area (Å²) in [5.41, 5.74) is -1.18. The van der Waals surface area contributed by atoms with E-state index < -0.39 is 34.9 Å². The van der Waals surface area contributed by atoms with Gasteiger partial charge in [-0.15, -0.1) is 0 Å². The van der Waals surface area contributed by atoms with Crippen LogP contribution in [0.4, 0.5) is 13.2 Å². The first-order valence-electron chi connectivity index (χ1n) is 11.8. The molecule has 1 aliphatic heterocycles. The molecule has 1 saturated heterocycles. The minimum absolute atomic E-state index is 0.129. The molecule has 35 heavy (non-hydrogen) atoms.